The molecule has 0 saturated carbocycles. The summed E-state index contributed by atoms with van der Waals surface area (Å²) in [5.74, 6) is 0.508. The molecule has 2 aromatic rings. The molecule has 27 heavy (non-hydrogen) atoms. The molecule has 0 bridgehead atoms. The van der Waals surface area contributed by atoms with Crippen LogP contribution in [0.25, 0.3) is 0 Å². The second-order valence-electron chi connectivity index (χ2n) is 11.4. The molecule has 0 aliphatic heterocycles. The molecule has 1 atom stereocenters. The van der Waals surface area contributed by atoms with E-state index in [-0.39, 0.29) is 16.2 Å². The first-order valence-electron chi connectivity index (χ1n) is 10.4. The maximum absolute atomic E-state index is 2.43. The van der Waals surface area contributed by atoms with Gasteiger partial charge in [0.25, 0.3) is 0 Å². The molecular formula is C27H40. The van der Waals surface area contributed by atoms with Gasteiger partial charge in [-0.15, -0.1) is 0 Å². The van der Waals surface area contributed by atoms with E-state index >= 15 is 0 Å². The average molecular weight is 365 g/mol. The van der Waals surface area contributed by atoms with E-state index in [0.717, 1.165) is 6.42 Å². The van der Waals surface area contributed by atoms with Crippen molar-refractivity contribution in [3.05, 3.63) is 70.3 Å². The van der Waals surface area contributed by atoms with E-state index in [0.29, 0.717) is 5.92 Å². The Hall–Kier alpha value is -1.56. The molecule has 2 rings (SSSR count). The Morgan fingerprint density at radius 3 is 1.37 bits per heavy atom. The van der Waals surface area contributed by atoms with Crippen LogP contribution in [-0.4, -0.2) is 0 Å². The van der Waals surface area contributed by atoms with Gasteiger partial charge in [-0.3, -0.25) is 0 Å². The zero-order valence-corrected chi connectivity index (χ0v) is 19.3. The van der Waals surface area contributed by atoms with Crippen LogP contribution in [0.2, 0.25) is 0 Å². The molecule has 148 valence electrons. The maximum atomic E-state index is 2.43. The smallest absolute Gasteiger partial charge is 0.0132 e. The van der Waals surface area contributed by atoms with E-state index in [2.05, 4.69) is 112 Å². The monoisotopic (exact) mass is 364 g/mol. The minimum atomic E-state index is 0.171. The van der Waals surface area contributed by atoms with Crippen LogP contribution in [-0.2, 0) is 22.7 Å². The van der Waals surface area contributed by atoms with Crippen molar-refractivity contribution in [2.45, 2.75) is 97.8 Å². The lowest BCUT2D eigenvalue weighted by Crippen LogP contribution is -2.17. The van der Waals surface area contributed by atoms with E-state index in [1.165, 1.54) is 27.8 Å². The summed E-state index contributed by atoms with van der Waals surface area (Å²) in [6, 6.07) is 16.5. The zero-order chi connectivity index (χ0) is 20.6. The van der Waals surface area contributed by atoms with Gasteiger partial charge < -0.3 is 0 Å². The third-order valence-electron chi connectivity index (χ3n) is 5.62. The fraction of sp³-hybridized carbons (Fsp3) is 0.556. The quantitative estimate of drug-likeness (QED) is 0.518. The van der Waals surface area contributed by atoms with Crippen LogP contribution in [0.15, 0.2) is 42.5 Å². The first kappa shape index (κ1) is 21.7. The van der Waals surface area contributed by atoms with Gasteiger partial charge >= 0.3 is 0 Å². The maximum Gasteiger partial charge on any atom is -0.0132 e. The predicted octanol–water partition coefficient (Wildman–Crippen LogP) is 7.93. The van der Waals surface area contributed by atoms with Gasteiger partial charge in [-0.1, -0.05) is 112 Å². The summed E-state index contributed by atoms with van der Waals surface area (Å²) in [7, 11) is 0. The summed E-state index contributed by atoms with van der Waals surface area (Å²) in [4.78, 5) is 0. The second-order valence-corrected chi connectivity index (χ2v) is 11.4. The summed E-state index contributed by atoms with van der Waals surface area (Å²) in [6.07, 6.45) is 1.08. The van der Waals surface area contributed by atoms with E-state index < -0.39 is 0 Å². The van der Waals surface area contributed by atoms with Gasteiger partial charge in [0, 0.05) is 0 Å². The fourth-order valence-electron chi connectivity index (χ4n) is 3.41. The van der Waals surface area contributed by atoms with Gasteiger partial charge in [0.1, 0.15) is 0 Å². The van der Waals surface area contributed by atoms with Crippen molar-refractivity contribution in [1.29, 1.82) is 0 Å². The fourth-order valence-corrected chi connectivity index (χ4v) is 3.41. The Morgan fingerprint density at radius 2 is 1.00 bits per heavy atom. The normalized spacial score (nSPS) is 14.3. The molecule has 2 aromatic carbocycles. The molecule has 0 aromatic heterocycles. The number of rotatable bonds is 3. The van der Waals surface area contributed by atoms with Crippen molar-refractivity contribution in [3.63, 3.8) is 0 Å². The number of hydrogen-bond donors (Lipinski definition) is 0. The van der Waals surface area contributed by atoms with Crippen molar-refractivity contribution in [1.82, 2.24) is 0 Å². The molecule has 0 saturated heterocycles. The first-order chi connectivity index (χ1) is 12.2. The van der Waals surface area contributed by atoms with Crippen molar-refractivity contribution in [3.8, 4) is 0 Å². The minimum absolute atomic E-state index is 0.171. The standard InChI is InChI=1S/C27H40/c1-19(15-20-11-13-22(14-12-20)25(2,3)4)21-16-23(26(5,6)7)18-24(17-21)27(8,9)10/h11-14,16-19H,15H2,1-10H3. The van der Waals surface area contributed by atoms with Gasteiger partial charge in [-0.2, -0.15) is 0 Å². The molecule has 0 amide bonds. The van der Waals surface area contributed by atoms with Crippen LogP contribution in [0.1, 0.15) is 103 Å². The topological polar surface area (TPSA) is 0 Å². The molecule has 0 fully saturated rings. The highest BCUT2D eigenvalue weighted by molar-refractivity contribution is 5.39. The molecule has 0 heteroatoms. The molecule has 0 nitrogen and oxygen atoms in total. The molecule has 0 N–H and O–H groups in total. The number of benzene rings is 2. The van der Waals surface area contributed by atoms with Crippen LogP contribution in [0.4, 0.5) is 0 Å². The van der Waals surface area contributed by atoms with Crippen LogP contribution in [0, 0.1) is 0 Å². The molecule has 0 heterocycles. The Bertz CT molecular complexity index is 723. The summed E-state index contributed by atoms with van der Waals surface area (Å²) in [5, 5.41) is 0. The summed E-state index contributed by atoms with van der Waals surface area (Å²) < 4.78 is 0. The van der Waals surface area contributed by atoms with Crippen LogP contribution >= 0.6 is 0 Å². The SMILES string of the molecule is CC(Cc1ccc(C(C)(C)C)cc1)c1cc(C(C)(C)C)cc(C(C)(C)C)c1. The van der Waals surface area contributed by atoms with Crippen molar-refractivity contribution in [2.75, 3.05) is 0 Å². The molecule has 0 spiro atoms. The summed E-state index contributed by atoms with van der Waals surface area (Å²) in [5.41, 5.74) is 7.74. The van der Waals surface area contributed by atoms with E-state index in [4.69, 9.17) is 0 Å². The van der Waals surface area contributed by atoms with Gasteiger partial charge in [0.2, 0.25) is 0 Å². The van der Waals surface area contributed by atoms with Gasteiger partial charge in [0.05, 0.1) is 0 Å². The first-order valence-corrected chi connectivity index (χ1v) is 10.4. The zero-order valence-electron chi connectivity index (χ0n) is 19.3. The highest BCUT2D eigenvalue weighted by Gasteiger charge is 2.22. The second kappa shape index (κ2) is 7.46. The molecule has 0 aliphatic rings. The van der Waals surface area contributed by atoms with E-state index in [1.54, 1.807) is 0 Å². The highest BCUT2D eigenvalue weighted by Crippen LogP contribution is 2.33. The average Bonchev–Trinajstić information content (AvgIpc) is 2.52. The largest absolute Gasteiger partial charge is 0.0587 e. The van der Waals surface area contributed by atoms with Crippen molar-refractivity contribution < 1.29 is 0 Å². The lowest BCUT2D eigenvalue weighted by Gasteiger charge is -2.27. The highest BCUT2D eigenvalue weighted by atomic mass is 14.3. The molecule has 1 unspecified atom stereocenters. The summed E-state index contributed by atoms with van der Waals surface area (Å²) >= 11 is 0. The molecule has 0 aliphatic carbocycles. The van der Waals surface area contributed by atoms with E-state index in [1.807, 2.05) is 0 Å². The summed E-state index contributed by atoms with van der Waals surface area (Å²) in [6.45, 7) is 23.1. The van der Waals surface area contributed by atoms with Crippen LogP contribution < -0.4 is 0 Å². The molecule has 0 radical (unpaired) electrons. The van der Waals surface area contributed by atoms with Crippen molar-refractivity contribution >= 4 is 0 Å². The third-order valence-corrected chi connectivity index (χ3v) is 5.62. The number of hydrogen-bond acceptors (Lipinski definition) is 0. The van der Waals surface area contributed by atoms with Gasteiger partial charge in [-0.25, -0.2) is 0 Å². The minimum Gasteiger partial charge on any atom is -0.0587 e. The lowest BCUT2D eigenvalue weighted by atomic mass is 9.77. The van der Waals surface area contributed by atoms with Crippen LogP contribution in [0.5, 0.6) is 0 Å². The van der Waals surface area contributed by atoms with Crippen LogP contribution in [0.3, 0.4) is 0 Å². The van der Waals surface area contributed by atoms with Crippen molar-refractivity contribution in [2.24, 2.45) is 0 Å². The van der Waals surface area contributed by atoms with E-state index in [9.17, 15) is 0 Å². The Kier molecular flexibility index (Phi) is 6.00. The molecular weight excluding hydrogens is 324 g/mol. The lowest BCUT2D eigenvalue weighted by molar-refractivity contribution is 0.564. The third kappa shape index (κ3) is 5.71. The predicted molar refractivity (Wildman–Crippen MR) is 121 cm³/mol. The Labute approximate surface area is 168 Å². The Morgan fingerprint density at radius 1 is 0.593 bits per heavy atom. The Balaban J connectivity index is 2.33. The van der Waals surface area contributed by atoms with Gasteiger partial charge in [-0.05, 0) is 56.4 Å². The van der Waals surface area contributed by atoms with Gasteiger partial charge in [0.15, 0.2) is 0 Å².